The van der Waals surface area contributed by atoms with Gasteiger partial charge in [-0.1, -0.05) is 0 Å². The number of hydrogen-bond donors (Lipinski definition) is 0. The van der Waals surface area contributed by atoms with Crippen LogP contribution in [0.3, 0.4) is 0 Å². The van der Waals surface area contributed by atoms with E-state index in [-0.39, 0.29) is 31.6 Å². The second kappa shape index (κ2) is 2.10. The topological polar surface area (TPSA) is 103 Å². The van der Waals surface area contributed by atoms with Crippen molar-refractivity contribution in [1.82, 2.24) is 15.2 Å². The maximum atomic E-state index is 11.0. The van der Waals surface area contributed by atoms with Crippen molar-refractivity contribution in [3.63, 3.8) is 0 Å². The highest BCUT2D eigenvalue weighted by Gasteiger charge is 2.19. The second-order valence-corrected chi connectivity index (χ2v) is 2.66. The van der Waals surface area contributed by atoms with Gasteiger partial charge in [0.1, 0.15) is 5.52 Å². The minimum absolute atomic E-state index is 0.200. The summed E-state index contributed by atoms with van der Waals surface area (Å²) in [6, 6.07) is 2.82. The van der Waals surface area contributed by atoms with E-state index < -0.39 is 0 Å². The molecular formula is C6H2N4O4. The molecule has 14 heavy (non-hydrogen) atoms. The zero-order valence-corrected chi connectivity index (χ0v) is 6.58. The molecule has 1 aromatic carbocycles. The van der Waals surface area contributed by atoms with Gasteiger partial charge in [0, 0.05) is 6.07 Å². The molecular weight excluding hydrogens is 192 g/mol. The van der Waals surface area contributed by atoms with Gasteiger partial charge in [0.2, 0.25) is 0 Å². The SMILES string of the molecule is O=[n+]1onc2c3non([O-])c3ccc21. The van der Waals surface area contributed by atoms with E-state index in [0.717, 1.165) is 0 Å². The van der Waals surface area contributed by atoms with E-state index >= 15 is 0 Å². The van der Waals surface area contributed by atoms with E-state index in [0.29, 0.717) is 0 Å². The highest BCUT2D eigenvalue weighted by Crippen LogP contribution is 2.19. The van der Waals surface area contributed by atoms with Gasteiger partial charge >= 0.3 is 5.52 Å². The normalized spacial score (nSPS) is 11.4. The van der Waals surface area contributed by atoms with Gasteiger partial charge in [0.05, 0.1) is 0 Å². The standard InChI is InChI=1S/C6H2N4O4/c11-9-3-1-2-4-6(5(3)7-13-9)8-14-10(4)12/h1-2H. The van der Waals surface area contributed by atoms with Crippen LogP contribution in [0.25, 0.3) is 22.1 Å². The van der Waals surface area contributed by atoms with E-state index in [1.807, 2.05) is 0 Å². The Balaban J connectivity index is 2.68. The lowest BCUT2D eigenvalue weighted by molar-refractivity contribution is -0.692. The lowest BCUT2D eigenvalue weighted by Crippen LogP contribution is -2.07. The number of fused-ring (bicyclic) bond motifs is 3. The highest BCUT2D eigenvalue weighted by atomic mass is 16.8. The minimum Gasteiger partial charge on any atom is -0.460 e. The Kier molecular flexibility index (Phi) is 1.06. The van der Waals surface area contributed by atoms with Crippen molar-refractivity contribution in [3.05, 3.63) is 22.2 Å². The lowest BCUT2D eigenvalue weighted by Gasteiger charge is -1.94. The molecule has 3 rings (SSSR count). The minimum atomic E-state index is 0.200. The Morgan fingerprint density at radius 2 is 2.21 bits per heavy atom. The Morgan fingerprint density at radius 1 is 1.36 bits per heavy atom. The van der Waals surface area contributed by atoms with Crippen LogP contribution in [0.4, 0.5) is 0 Å². The van der Waals surface area contributed by atoms with Crippen LogP contribution in [0, 0.1) is 10.1 Å². The predicted octanol–water partition coefficient (Wildman–Crippen LogP) is 0.0309. The first-order valence-electron chi connectivity index (χ1n) is 3.65. The zero-order valence-electron chi connectivity index (χ0n) is 6.58. The van der Waals surface area contributed by atoms with E-state index in [9.17, 15) is 10.1 Å². The quantitative estimate of drug-likeness (QED) is 0.500. The van der Waals surface area contributed by atoms with E-state index in [1.165, 1.54) is 12.1 Å². The summed E-state index contributed by atoms with van der Waals surface area (Å²) >= 11 is 0. The van der Waals surface area contributed by atoms with Crippen LogP contribution in [0.2, 0.25) is 0 Å². The van der Waals surface area contributed by atoms with Crippen molar-refractivity contribution in [3.8, 4) is 0 Å². The van der Waals surface area contributed by atoms with Gasteiger partial charge < -0.3 is 9.84 Å². The predicted molar refractivity (Wildman–Crippen MR) is 41.7 cm³/mol. The fraction of sp³-hybridized carbons (Fsp3) is 0. The summed E-state index contributed by atoms with van der Waals surface area (Å²) in [4.78, 5) is 11.2. The third kappa shape index (κ3) is 0.672. The Hall–Kier alpha value is -2.38. The van der Waals surface area contributed by atoms with Crippen LogP contribution in [-0.4, -0.2) is 15.2 Å². The summed E-state index contributed by atoms with van der Waals surface area (Å²) in [5, 5.41) is 17.9. The molecule has 70 valence electrons. The molecule has 0 spiro atoms. The van der Waals surface area contributed by atoms with Crippen molar-refractivity contribution in [2.45, 2.75) is 0 Å². The molecule has 3 aromatic rings. The van der Waals surface area contributed by atoms with E-state index in [4.69, 9.17) is 0 Å². The molecule has 0 unspecified atom stereocenters. The van der Waals surface area contributed by atoms with Gasteiger partial charge in [0.25, 0.3) is 5.52 Å². The Labute approximate surface area is 74.4 Å². The van der Waals surface area contributed by atoms with Gasteiger partial charge in [-0.15, -0.1) is 0 Å². The molecule has 2 aromatic heterocycles. The molecule has 0 radical (unpaired) electrons. The Morgan fingerprint density at radius 3 is 3.07 bits per heavy atom. The lowest BCUT2D eigenvalue weighted by atomic mass is 10.3. The van der Waals surface area contributed by atoms with Gasteiger partial charge in [-0.2, -0.15) is 10.1 Å². The first-order chi connectivity index (χ1) is 6.77. The van der Waals surface area contributed by atoms with Crippen molar-refractivity contribution in [1.29, 1.82) is 0 Å². The molecule has 0 aliphatic carbocycles. The zero-order chi connectivity index (χ0) is 9.71. The maximum absolute atomic E-state index is 11.0. The third-order valence-corrected chi connectivity index (χ3v) is 1.91. The summed E-state index contributed by atoms with van der Waals surface area (Å²) in [6.07, 6.45) is 0. The summed E-state index contributed by atoms with van der Waals surface area (Å²) in [7, 11) is 0. The largest absolute Gasteiger partial charge is 0.460 e. The fourth-order valence-corrected chi connectivity index (χ4v) is 1.28. The Bertz CT molecular complexity index is 678. The summed E-state index contributed by atoms with van der Waals surface area (Å²) in [5.74, 6) is 0. The molecule has 0 aliphatic heterocycles. The molecule has 0 atom stereocenters. The second-order valence-electron chi connectivity index (χ2n) is 2.66. The molecule has 0 saturated carbocycles. The number of aromatic nitrogens is 4. The number of benzene rings is 1. The van der Waals surface area contributed by atoms with Crippen molar-refractivity contribution >= 4 is 22.1 Å². The number of nitrogens with zero attached hydrogens (tertiary/aromatic N) is 4. The van der Waals surface area contributed by atoms with Crippen LogP contribution < -0.4 is 4.60 Å². The van der Waals surface area contributed by atoms with Gasteiger partial charge in [-0.05, 0) is 15.6 Å². The van der Waals surface area contributed by atoms with Crippen LogP contribution in [0.1, 0.15) is 0 Å². The van der Waals surface area contributed by atoms with Crippen molar-refractivity contribution < 1.29 is 13.9 Å². The maximum Gasteiger partial charge on any atom is 0.307 e. The van der Waals surface area contributed by atoms with Crippen LogP contribution in [-0.2, 0) is 0 Å². The van der Waals surface area contributed by atoms with Gasteiger partial charge in [0.15, 0.2) is 15.3 Å². The van der Waals surface area contributed by atoms with Crippen LogP contribution >= 0.6 is 0 Å². The van der Waals surface area contributed by atoms with Gasteiger partial charge in [-0.25, -0.2) is 0 Å². The average molecular weight is 194 g/mol. The summed E-state index contributed by atoms with van der Waals surface area (Å²) < 4.78 is 8.94. The molecule has 8 heteroatoms. The van der Waals surface area contributed by atoms with E-state index in [1.54, 1.807) is 0 Å². The number of hydrogen-bond acceptors (Lipinski definition) is 6. The first kappa shape index (κ1) is 7.06. The molecule has 0 amide bonds. The smallest absolute Gasteiger partial charge is 0.307 e. The molecule has 8 nitrogen and oxygen atoms in total. The summed E-state index contributed by atoms with van der Waals surface area (Å²) in [6.45, 7) is 0. The third-order valence-electron chi connectivity index (χ3n) is 1.91. The van der Waals surface area contributed by atoms with Crippen molar-refractivity contribution in [2.24, 2.45) is 0 Å². The highest BCUT2D eigenvalue weighted by molar-refractivity contribution is 5.97. The first-order valence-corrected chi connectivity index (χ1v) is 3.65. The number of rotatable bonds is 0. The summed E-state index contributed by atoms with van der Waals surface area (Å²) in [5.41, 5.74) is 0.810. The van der Waals surface area contributed by atoms with Crippen LogP contribution in [0.15, 0.2) is 21.4 Å². The fourth-order valence-electron chi connectivity index (χ4n) is 1.28. The molecule has 2 heterocycles. The average Bonchev–Trinajstić information content (AvgIpc) is 2.72. The van der Waals surface area contributed by atoms with E-state index in [2.05, 4.69) is 19.6 Å². The van der Waals surface area contributed by atoms with Gasteiger partial charge in [-0.3, -0.25) is 0 Å². The molecule has 0 bridgehead atoms. The monoisotopic (exact) mass is 194 g/mol. The molecule has 0 fully saturated rings. The molecule has 0 saturated heterocycles. The van der Waals surface area contributed by atoms with Crippen LogP contribution in [0.5, 0.6) is 0 Å². The van der Waals surface area contributed by atoms with Crippen molar-refractivity contribution in [2.75, 3.05) is 0 Å². The molecule has 0 N–H and O–H groups in total. The molecule has 0 aliphatic rings.